The van der Waals surface area contributed by atoms with Crippen molar-refractivity contribution in [3.63, 3.8) is 0 Å². The van der Waals surface area contributed by atoms with Gasteiger partial charge in [-0.15, -0.1) is 5.10 Å². The van der Waals surface area contributed by atoms with Gasteiger partial charge in [-0.05, 0) is 41.8 Å². The van der Waals surface area contributed by atoms with Gasteiger partial charge >= 0.3 is 5.76 Å². The molecule has 0 amide bonds. The van der Waals surface area contributed by atoms with E-state index in [9.17, 15) is 9.18 Å². The van der Waals surface area contributed by atoms with Crippen molar-refractivity contribution in [2.24, 2.45) is 5.92 Å². The summed E-state index contributed by atoms with van der Waals surface area (Å²) in [6.45, 7) is 4.36. The van der Waals surface area contributed by atoms with Crippen molar-refractivity contribution in [3.05, 3.63) is 77.1 Å². The molecule has 0 aliphatic rings. The van der Waals surface area contributed by atoms with Crippen LogP contribution >= 0.6 is 0 Å². The molecule has 2 N–H and O–H groups in total. The van der Waals surface area contributed by atoms with Gasteiger partial charge in [-0.1, -0.05) is 38.8 Å². The van der Waals surface area contributed by atoms with Crippen LogP contribution in [0, 0.1) is 11.7 Å². The fourth-order valence-corrected chi connectivity index (χ4v) is 3.78. The Hall–Kier alpha value is -3.75. The van der Waals surface area contributed by atoms with Gasteiger partial charge in [0.25, 0.3) is 5.89 Å². The molecule has 0 radical (unpaired) electrons. The average molecular weight is 422 g/mol. The molecule has 0 fully saturated rings. The van der Waals surface area contributed by atoms with Crippen LogP contribution in [0.25, 0.3) is 11.5 Å². The zero-order valence-corrected chi connectivity index (χ0v) is 17.2. The van der Waals surface area contributed by atoms with E-state index in [1.165, 1.54) is 12.1 Å². The van der Waals surface area contributed by atoms with Crippen LogP contribution in [-0.4, -0.2) is 25.0 Å². The third-order valence-electron chi connectivity index (χ3n) is 5.40. The van der Waals surface area contributed by atoms with Crippen molar-refractivity contribution in [3.8, 4) is 11.5 Å². The summed E-state index contributed by atoms with van der Waals surface area (Å²) in [5.74, 6) is -0.922. The summed E-state index contributed by atoms with van der Waals surface area (Å²) in [6, 6.07) is 12.7. The number of hydrogen-bond acceptors (Lipinski definition) is 6. The van der Waals surface area contributed by atoms with Gasteiger partial charge in [0.15, 0.2) is 0 Å². The van der Waals surface area contributed by atoms with Gasteiger partial charge < -0.3 is 9.73 Å². The van der Waals surface area contributed by atoms with Crippen molar-refractivity contribution in [1.82, 2.24) is 25.0 Å². The number of nitrogens with zero attached hydrogens (tertiary/aromatic N) is 4. The Labute approximate surface area is 178 Å². The first-order chi connectivity index (χ1) is 15.1. The molecule has 0 spiro atoms. The molecule has 4 aromatic rings. The van der Waals surface area contributed by atoms with Crippen molar-refractivity contribution in [2.75, 3.05) is 5.32 Å². The van der Waals surface area contributed by atoms with E-state index in [0.717, 1.165) is 24.1 Å². The van der Waals surface area contributed by atoms with E-state index in [2.05, 4.69) is 51.6 Å². The molecule has 8 nitrogen and oxygen atoms in total. The summed E-state index contributed by atoms with van der Waals surface area (Å²) in [4.78, 5) is 15.2. The van der Waals surface area contributed by atoms with Crippen LogP contribution in [0.4, 0.5) is 15.8 Å². The Bertz CT molecular complexity index is 1180. The normalized spacial score (nSPS) is 12.3. The smallest absolute Gasteiger partial charge is 0.388 e. The number of aromatic nitrogens is 5. The van der Waals surface area contributed by atoms with Gasteiger partial charge in [0, 0.05) is 11.4 Å². The van der Waals surface area contributed by atoms with Crippen LogP contribution in [0.15, 0.2) is 64.3 Å². The molecule has 0 aliphatic heterocycles. The van der Waals surface area contributed by atoms with Crippen molar-refractivity contribution < 1.29 is 8.81 Å². The van der Waals surface area contributed by atoms with Crippen LogP contribution < -0.4 is 11.1 Å². The fraction of sp³-hybridized carbons (Fsp3) is 0.273. The molecule has 9 heteroatoms. The van der Waals surface area contributed by atoms with Crippen LogP contribution in [0.5, 0.6) is 0 Å². The molecular weight excluding hydrogens is 399 g/mol. The summed E-state index contributed by atoms with van der Waals surface area (Å²) in [7, 11) is 0. The lowest BCUT2D eigenvalue weighted by atomic mass is 9.89. The van der Waals surface area contributed by atoms with Gasteiger partial charge in [-0.2, -0.15) is 5.10 Å². The lowest BCUT2D eigenvalue weighted by molar-refractivity contribution is 0.332. The summed E-state index contributed by atoms with van der Waals surface area (Å²) < 4.78 is 21.2. The predicted octanol–water partition coefficient (Wildman–Crippen LogP) is 4.53. The van der Waals surface area contributed by atoms with Crippen molar-refractivity contribution in [2.45, 2.75) is 32.7 Å². The van der Waals surface area contributed by atoms with E-state index in [1.54, 1.807) is 18.7 Å². The molecule has 1 atom stereocenters. The molecule has 4 rings (SSSR count). The largest absolute Gasteiger partial charge is 0.434 e. The lowest BCUT2D eigenvalue weighted by Crippen LogP contribution is -2.20. The van der Waals surface area contributed by atoms with E-state index >= 15 is 0 Å². The van der Waals surface area contributed by atoms with E-state index in [1.807, 2.05) is 16.8 Å². The van der Waals surface area contributed by atoms with Gasteiger partial charge in [-0.3, -0.25) is 0 Å². The highest BCUT2D eigenvalue weighted by Gasteiger charge is 2.23. The molecule has 0 aliphatic carbocycles. The SMILES string of the molecule is CCC(CC)C(c1ccc(Nc2ccc(-c3n[nH]c(=O)o3)c(F)c2)cc1)n1cncn1. The minimum atomic E-state index is -0.728. The Kier molecular flexibility index (Phi) is 5.92. The van der Waals surface area contributed by atoms with Crippen LogP contribution in [-0.2, 0) is 0 Å². The second-order valence-electron chi connectivity index (χ2n) is 7.26. The van der Waals surface area contributed by atoms with Gasteiger partial charge in [0.05, 0.1) is 11.6 Å². The highest BCUT2D eigenvalue weighted by atomic mass is 19.1. The van der Waals surface area contributed by atoms with Gasteiger partial charge in [0.1, 0.15) is 18.5 Å². The standard InChI is InChI=1S/C22H23FN6O2/c1-3-14(4-2)20(29-13-24-12-25-29)15-5-7-16(8-6-15)26-17-9-10-18(19(23)11-17)21-27-28-22(30)31-21/h5-14,20,26H,3-4H2,1-2H3,(H,28,30). The topological polar surface area (TPSA) is 102 Å². The van der Waals surface area contributed by atoms with E-state index < -0.39 is 11.6 Å². The summed E-state index contributed by atoms with van der Waals surface area (Å²) in [5.41, 5.74) is 2.64. The van der Waals surface area contributed by atoms with Crippen LogP contribution in [0.2, 0.25) is 0 Å². The van der Waals surface area contributed by atoms with Crippen LogP contribution in [0.1, 0.15) is 38.3 Å². The van der Waals surface area contributed by atoms with E-state index in [0.29, 0.717) is 11.6 Å². The Morgan fingerprint density at radius 2 is 1.87 bits per heavy atom. The predicted molar refractivity (Wildman–Crippen MR) is 114 cm³/mol. The number of anilines is 2. The number of H-pyrrole nitrogens is 1. The first kappa shape index (κ1) is 20.5. The zero-order chi connectivity index (χ0) is 21.8. The Morgan fingerprint density at radius 1 is 1.13 bits per heavy atom. The molecule has 1 unspecified atom stereocenters. The summed E-state index contributed by atoms with van der Waals surface area (Å²) >= 11 is 0. The second kappa shape index (κ2) is 8.95. The highest BCUT2D eigenvalue weighted by Crippen LogP contribution is 2.32. The fourth-order valence-electron chi connectivity index (χ4n) is 3.78. The third-order valence-corrected chi connectivity index (χ3v) is 5.40. The molecule has 2 aromatic carbocycles. The Morgan fingerprint density at radius 3 is 2.45 bits per heavy atom. The molecular formula is C22H23FN6O2. The zero-order valence-electron chi connectivity index (χ0n) is 17.2. The number of aromatic amines is 1. The number of hydrogen-bond donors (Lipinski definition) is 2. The van der Waals surface area contributed by atoms with E-state index in [-0.39, 0.29) is 17.5 Å². The quantitative estimate of drug-likeness (QED) is 0.433. The molecule has 2 heterocycles. The maximum Gasteiger partial charge on any atom is 0.434 e. The van der Waals surface area contributed by atoms with Gasteiger partial charge in [0.2, 0.25) is 0 Å². The summed E-state index contributed by atoms with van der Waals surface area (Å²) in [6.07, 6.45) is 5.37. The third kappa shape index (κ3) is 4.40. The minimum Gasteiger partial charge on any atom is -0.388 e. The Balaban J connectivity index is 1.54. The first-order valence-electron chi connectivity index (χ1n) is 10.2. The molecule has 2 aromatic heterocycles. The maximum absolute atomic E-state index is 14.5. The average Bonchev–Trinajstić information content (AvgIpc) is 3.45. The maximum atomic E-state index is 14.5. The number of benzene rings is 2. The summed E-state index contributed by atoms with van der Waals surface area (Å²) in [5, 5.41) is 13.3. The lowest BCUT2D eigenvalue weighted by Gasteiger charge is -2.26. The second-order valence-corrected chi connectivity index (χ2v) is 7.26. The minimum absolute atomic E-state index is 0.0843. The molecule has 0 saturated carbocycles. The first-order valence-corrected chi connectivity index (χ1v) is 10.2. The molecule has 0 bridgehead atoms. The van der Waals surface area contributed by atoms with E-state index in [4.69, 9.17) is 4.42 Å². The van der Waals surface area contributed by atoms with Gasteiger partial charge in [-0.25, -0.2) is 23.9 Å². The van der Waals surface area contributed by atoms with Crippen molar-refractivity contribution in [1.29, 1.82) is 0 Å². The molecule has 31 heavy (non-hydrogen) atoms. The number of halogens is 1. The molecule has 0 saturated heterocycles. The number of nitrogens with one attached hydrogen (secondary N) is 2. The highest BCUT2D eigenvalue weighted by molar-refractivity contribution is 5.64. The number of rotatable bonds is 8. The molecule has 160 valence electrons. The van der Waals surface area contributed by atoms with Crippen molar-refractivity contribution >= 4 is 11.4 Å². The van der Waals surface area contributed by atoms with Crippen LogP contribution in [0.3, 0.4) is 0 Å². The monoisotopic (exact) mass is 422 g/mol.